The van der Waals surface area contributed by atoms with E-state index in [2.05, 4.69) is 15.6 Å². The number of fused-ring (bicyclic) bond motifs is 1. The van der Waals surface area contributed by atoms with Crippen molar-refractivity contribution in [2.24, 2.45) is 0 Å². The van der Waals surface area contributed by atoms with E-state index in [1.807, 2.05) is 60.0 Å². The number of carbonyl (C=O) groups excluding carboxylic acids is 2. The van der Waals surface area contributed by atoms with Crippen LogP contribution in [0, 0.1) is 0 Å². The lowest BCUT2D eigenvalue weighted by molar-refractivity contribution is -0.120. The molecule has 0 saturated heterocycles. The Hall–Kier alpha value is -3.15. The smallest absolute Gasteiger partial charge is 0.247 e. The van der Waals surface area contributed by atoms with Crippen LogP contribution >= 0.6 is 0 Å². The molecule has 0 bridgehead atoms. The highest BCUT2D eigenvalue weighted by molar-refractivity contribution is 5.94. The first-order valence-corrected chi connectivity index (χ1v) is 9.21. The van der Waals surface area contributed by atoms with Crippen LogP contribution in [-0.2, 0) is 16.0 Å². The standard InChI is InChI=1S/C21H22N4O2/c1-14(25-13-22-18-4-2-3-5-19(18)25)21(27)24-17-8-6-15(7-9-17)12-20(26)23-16-10-11-16/h2-9,13-14,16H,10-12H2,1H3,(H,23,26)(H,24,27). The van der Waals surface area contributed by atoms with Crippen LogP contribution in [0.2, 0.25) is 0 Å². The third-order valence-electron chi connectivity index (χ3n) is 4.81. The Morgan fingerprint density at radius 3 is 2.63 bits per heavy atom. The van der Waals surface area contributed by atoms with Gasteiger partial charge < -0.3 is 15.2 Å². The number of para-hydroxylation sites is 2. The van der Waals surface area contributed by atoms with Crippen molar-refractivity contribution < 1.29 is 9.59 Å². The third-order valence-corrected chi connectivity index (χ3v) is 4.81. The van der Waals surface area contributed by atoms with Crippen molar-refractivity contribution >= 4 is 28.5 Å². The molecule has 4 rings (SSSR count). The molecule has 138 valence electrons. The molecule has 1 atom stereocenters. The molecule has 0 spiro atoms. The van der Waals surface area contributed by atoms with E-state index in [1.54, 1.807) is 6.33 Å². The molecule has 3 aromatic rings. The molecule has 1 saturated carbocycles. The topological polar surface area (TPSA) is 76.0 Å². The van der Waals surface area contributed by atoms with E-state index in [1.165, 1.54) is 0 Å². The van der Waals surface area contributed by atoms with Gasteiger partial charge in [-0.3, -0.25) is 9.59 Å². The van der Waals surface area contributed by atoms with Gasteiger partial charge in [0.15, 0.2) is 0 Å². The molecule has 0 aliphatic heterocycles. The summed E-state index contributed by atoms with van der Waals surface area (Å²) in [6, 6.07) is 15.1. The van der Waals surface area contributed by atoms with Crippen molar-refractivity contribution in [3.8, 4) is 0 Å². The molecular formula is C21H22N4O2. The Bertz CT molecular complexity index is 973. The van der Waals surface area contributed by atoms with Crippen molar-refractivity contribution in [1.82, 2.24) is 14.9 Å². The molecule has 1 aliphatic rings. The van der Waals surface area contributed by atoms with E-state index in [-0.39, 0.29) is 17.9 Å². The molecule has 27 heavy (non-hydrogen) atoms. The van der Waals surface area contributed by atoms with Crippen LogP contribution in [0.3, 0.4) is 0 Å². The summed E-state index contributed by atoms with van der Waals surface area (Å²) in [7, 11) is 0. The maximum atomic E-state index is 12.6. The summed E-state index contributed by atoms with van der Waals surface area (Å²) in [4.78, 5) is 28.8. The lowest BCUT2D eigenvalue weighted by Gasteiger charge is -2.15. The van der Waals surface area contributed by atoms with Crippen LogP contribution in [0.5, 0.6) is 0 Å². The van der Waals surface area contributed by atoms with Gasteiger partial charge in [-0.2, -0.15) is 0 Å². The number of rotatable bonds is 6. The summed E-state index contributed by atoms with van der Waals surface area (Å²) in [5, 5.41) is 5.91. The third kappa shape index (κ3) is 4.00. The van der Waals surface area contributed by atoms with Crippen molar-refractivity contribution in [2.45, 2.75) is 38.3 Å². The van der Waals surface area contributed by atoms with Gasteiger partial charge in [-0.1, -0.05) is 24.3 Å². The summed E-state index contributed by atoms with van der Waals surface area (Å²) < 4.78 is 1.86. The van der Waals surface area contributed by atoms with Gasteiger partial charge in [0.1, 0.15) is 6.04 Å². The molecule has 2 N–H and O–H groups in total. The van der Waals surface area contributed by atoms with Gasteiger partial charge in [0.25, 0.3) is 0 Å². The number of hydrogen-bond donors (Lipinski definition) is 2. The zero-order valence-electron chi connectivity index (χ0n) is 15.2. The largest absolute Gasteiger partial charge is 0.353 e. The average Bonchev–Trinajstić information content (AvgIpc) is 3.37. The van der Waals surface area contributed by atoms with Crippen LogP contribution in [-0.4, -0.2) is 27.4 Å². The van der Waals surface area contributed by atoms with Crippen molar-refractivity contribution in [1.29, 1.82) is 0 Å². The predicted octanol–water partition coefficient (Wildman–Crippen LogP) is 3.06. The fraction of sp³-hybridized carbons (Fsp3) is 0.286. The first kappa shape index (κ1) is 17.3. The summed E-state index contributed by atoms with van der Waals surface area (Å²) >= 11 is 0. The number of nitrogens with zero attached hydrogens (tertiary/aromatic N) is 2. The van der Waals surface area contributed by atoms with Gasteiger partial charge in [-0.05, 0) is 49.6 Å². The Labute approximate surface area is 157 Å². The molecule has 6 heteroatoms. The highest BCUT2D eigenvalue weighted by atomic mass is 16.2. The number of amides is 2. The summed E-state index contributed by atoms with van der Waals surface area (Å²) in [6.07, 6.45) is 4.22. The van der Waals surface area contributed by atoms with Gasteiger partial charge in [-0.25, -0.2) is 4.98 Å². The zero-order valence-corrected chi connectivity index (χ0v) is 15.2. The van der Waals surface area contributed by atoms with Crippen LogP contribution in [0.15, 0.2) is 54.9 Å². The average molecular weight is 362 g/mol. The minimum Gasteiger partial charge on any atom is -0.353 e. The zero-order chi connectivity index (χ0) is 18.8. The molecule has 1 heterocycles. The number of carbonyl (C=O) groups is 2. The first-order chi connectivity index (χ1) is 13.1. The van der Waals surface area contributed by atoms with Crippen molar-refractivity contribution in [3.63, 3.8) is 0 Å². The van der Waals surface area contributed by atoms with Crippen LogP contribution in [0.4, 0.5) is 5.69 Å². The fourth-order valence-electron chi connectivity index (χ4n) is 3.06. The van der Waals surface area contributed by atoms with Crippen molar-refractivity contribution in [3.05, 3.63) is 60.4 Å². The highest BCUT2D eigenvalue weighted by Gasteiger charge is 2.23. The minimum atomic E-state index is -0.388. The second-order valence-electron chi connectivity index (χ2n) is 7.02. The summed E-state index contributed by atoms with van der Waals surface area (Å²) in [5.41, 5.74) is 3.44. The molecule has 6 nitrogen and oxygen atoms in total. The monoisotopic (exact) mass is 362 g/mol. The lowest BCUT2D eigenvalue weighted by atomic mass is 10.1. The molecule has 1 aliphatic carbocycles. The van der Waals surface area contributed by atoms with Gasteiger partial charge in [0.2, 0.25) is 11.8 Å². The normalized spacial score (nSPS) is 14.7. The first-order valence-electron chi connectivity index (χ1n) is 9.21. The van der Waals surface area contributed by atoms with Gasteiger partial charge >= 0.3 is 0 Å². The lowest BCUT2D eigenvalue weighted by Crippen LogP contribution is -2.27. The van der Waals surface area contributed by atoms with Crippen LogP contribution in [0.1, 0.15) is 31.4 Å². The number of benzene rings is 2. The fourth-order valence-corrected chi connectivity index (χ4v) is 3.06. The van der Waals surface area contributed by atoms with Gasteiger partial charge in [0, 0.05) is 11.7 Å². The number of aromatic nitrogens is 2. The van der Waals surface area contributed by atoms with E-state index in [4.69, 9.17) is 0 Å². The number of hydrogen-bond acceptors (Lipinski definition) is 3. The Morgan fingerprint density at radius 2 is 1.89 bits per heavy atom. The Balaban J connectivity index is 1.39. The van der Waals surface area contributed by atoms with E-state index in [0.717, 1.165) is 29.4 Å². The quantitative estimate of drug-likeness (QED) is 0.708. The Kier molecular flexibility index (Phi) is 4.62. The number of anilines is 1. The minimum absolute atomic E-state index is 0.0508. The molecule has 2 aromatic carbocycles. The second-order valence-corrected chi connectivity index (χ2v) is 7.02. The molecular weight excluding hydrogens is 340 g/mol. The van der Waals surface area contributed by atoms with E-state index in [9.17, 15) is 9.59 Å². The maximum Gasteiger partial charge on any atom is 0.247 e. The van der Waals surface area contributed by atoms with Crippen LogP contribution in [0.25, 0.3) is 11.0 Å². The molecule has 0 radical (unpaired) electrons. The van der Waals surface area contributed by atoms with E-state index < -0.39 is 0 Å². The highest BCUT2D eigenvalue weighted by Crippen LogP contribution is 2.20. The Morgan fingerprint density at radius 1 is 1.15 bits per heavy atom. The van der Waals surface area contributed by atoms with E-state index in [0.29, 0.717) is 18.2 Å². The van der Waals surface area contributed by atoms with Gasteiger partial charge in [0.05, 0.1) is 23.8 Å². The number of imidazole rings is 1. The predicted molar refractivity (Wildman–Crippen MR) is 104 cm³/mol. The summed E-state index contributed by atoms with van der Waals surface area (Å²) in [6.45, 7) is 1.85. The molecule has 2 amide bonds. The van der Waals surface area contributed by atoms with E-state index >= 15 is 0 Å². The van der Waals surface area contributed by atoms with Crippen molar-refractivity contribution in [2.75, 3.05) is 5.32 Å². The summed E-state index contributed by atoms with van der Waals surface area (Å²) in [5.74, 6) is -0.0627. The van der Waals surface area contributed by atoms with Gasteiger partial charge in [-0.15, -0.1) is 0 Å². The maximum absolute atomic E-state index is 12.6. The second kappa shape index (κ2) is 7.23. The molecule has 1 fully saturated rings. The SMILES string of the molecule is CC(C(=O)Nc1ccc(CC(=O)NC2CC2)cc1)n1cnc2ccccc21. The van der Waals surface area contributed by atoms with Crippen LogP contribution < -0.4 is 10.6 Å². The number of nitrogens with one attached hydrogen (secondary N) is 2. The molecule has 1 unspecified atom stereocenters. The molecule has 1 aromatic heterocycles.